The molecule has 2 aromatic heterocycles. The van der Waals surface area contributed by atoms with Crippen molar-refractivity contribution in [2.45, 2.75) is 89.3 Å². The SMILES string of the molecule is CC.CC(C)Oc1c(/C(C=N)=C/N)ncn2nc(Nc3ccc(S(=O)(=O)N4CCC(CN5CCC(C6C=CC=C(N(C)C7CCC(=O)NC7=O)C6N(C)C=O)CC5)CC4)cc3F)nc12. The minimum Gasteiger partial charge on any atom is -0.485 e. The van der Waals surface area contributed by atoms with Gasteiger partial charge in [-0.2, -0.15) is 13.8 Å². The van der Waals surface area contributed by atoms with Crippen molar-refractivity contribution >= 4 is 57.3 Å². The highest BCUT2D eigenvalue weighted by molar-refractivity contribution is 7.89. The van der Waals surface area contributed by atoms with E-state index in [1.165, 1.54) is 33.5 Å². The molecule has 3 aromatic rings. The number of halogens is 1. The molecule has 0 bridgehead atoms. The van der Waals surface area contributed by atoms with Gasteiger partial charge in [-0.25, -0.2) is 17.8 Å². The van der Waals surface area contributed by atoms with Crippen LogP contribution in [0, 0.1) is 29.0 Å². The fourth-order valence-corrected chi connectivity index (χ4v) is 10.6. The van der Waals surface area contributed by atoms with Crippen molar-refractivity contribution in [2.75, 3.05) is 52.1 Å². The summed E-state index contributed by atoms with van der Waals surface area (Å²) in [5, 5.41) is 17.3. The number of likely N-dealkylation sites (N-methyl/N-ethyl adjacent to an activating group) is 2. The van der Waals surface area contributed by atoms with Crippen LogP contribution < -0.4 is 21.1 Å². The molecule has 1 aromatic carbocycles. The number of carbonyl (C=O) groups is 3. The topological polar surface area (TPSA) is 225 Å². The van der Waals surface area contributed by atoms with Crippen LogP contribution in [0.3, 0.4) is 0 Å². The van der Waals surface area contributed by atoms with E-state index in [1.54, 1.807) is 11.9 Å². The monoisotopic (exact) mass is 904 g/mol. The first-order chi connectivity index (χ1) is 30.7. The highest BCUT2D eigenvalue weighted by atomic mass is 32.2. The number of nitrogens with two attached hydrogens (primary N) is 1. The summed E-state index contributed by atoms with van der Waals surface area (Å²) < 4.78 is 51.8. The van der Waals surface area contributed by atoms with Crippen LogP contribution in [0.15, 0.2) is 59.5 Å². The molecule has 3 atom stereocenters. The maximum Gasteiger partial charge on any atom is 0.249 e. The third kappa shape index (κ3) is 10.3. The second kappa shape index (κ2) is 20.8. The fraction of sp³-hybridized carbons (Fsp3) is 0.523. The molecule has 20 heteroatoms. The van der Waals surface area contributed by atoms with Crippen molar-refractivity contribution < 1.29 is 31.9 Å². The highest BCUT2D eigenvalue weighted by Crippen LogP contribution is 2.38. The van der Waals surface area contributed by atoms with Gasteiger partial charge in [-0.05, 0) is 95.2 Å². The highest BCUT2D eigenvalue weighted by Gasteiger charge is 2.41. The third-order valence-electron chi connectivity index (χ3n) is 12.4. The number of hydrogen-bond donors (Lipinski definition) is 4. The van der Waals surface area contributed by atoms with E-state index in [0.717, 1.165) is 56.9 Å². The smallest absolute Gasteiger partial charge is 0.249 e. The summed E-state index contributed by atoms with van der Waals surface area (Å²) in [5.74, 6) is -0.447. The first-order valence-corrected chi connectivity index (χ1v) is 23.4. The van der Waals surface area contributed by atoms with E-state index in [0.29, 0.717) is 55.5 Å². The Kier molecular flexibility index (Phi) is 15.5. The standard InChI is InChI=1S/C42H55FN12O6S.C2H6/c1-26(2)61-39-37(29(21-44)22-45)46-24-55-40(39)49-42(50-55)47-33-9-8-30(20-32(33)43)62(59,60)54-18-12-27(13-19-54)23-53-16-14-28(15-17-53)31-6-5-7-34(38(31)51(3)25-56)52(4)35-10-11-36(57)48-41(35)58;1-2/h5-9,20-22,24-28,31,35,38,44H,10-19,23,45H2,1-4H3,(H,47,50)(H,48,57,58);1-2H3/b29-22+,44-21?;. The van der Waals surface area contributed by atoms with Gasteiger partial charge in [0, 0.05) is 69.8 Å². The van der Waals surface area contributed by atoms with Crippen LogP contribution in [0.5, 0.6) is 5.75 Å². The first kappa shape index (κ1) is 47.7. The lowest BCUT2D eigenvalue weighted by Gasteiger charge is -2.46. The number of anilines is 2. The lowest BCUT2D eigenvalue weighted by Crippen LogP contribution is -2.55. The molecule has 1 aliphatic carbocycles. The molecule has 0 saturated carbocycles. The number of nitrogens with one attached hydrogen (secondary N) is 3. The van der Waals surface area contributed by atoms with Crippen LogP contribution in [0.25, 0.3) is 11.2 Å². The van der Waals surface area contributed by atoms with E-state index in [4.69, 9.17) is 15.9 Å². The molecule has 4 aliphatic rings. The summed E-state index contributed by atoms with van der Waals surface area (Å²) in [6.07, 6.45) is 14.3. The zero-order valence-corrected chi connectivity index (χ0v) is 38.2. The van der Waals surface area contributed by atoms with Crippen LogP contribution >= 0.6 is 0 Å². The Morgan fingerprint density at radius 2 is 1.83 bits per heavy atom. The molecule has 3 fully saturated rings. The Labute approximate surface area is 374 Å². The summed E-state index contributed by atoms with van der Waals surface area (Å²) in [6, 6.07) is 2.97. The lowest BCUT2D eigenvalue weighted by molar-refractivity contribution is -0.136. The summed E-state index contributed by atoms with van der Waals surface area (Å²) in [7, 11) is -0.339. The van der Waals surface area contributed by atoms with Gasteiger partial charge in [0.05, 0.1) is 22.7 Å². The Hall–Kier alpha value is -5.73. The van der Waals surface area contributed by atoms with Gasteiger partial charge in [0.25, 0.3) is 0 Å². The number of benzene rings is 1. The van der Waals surface area contributed by atoms with Crippen LogP contribution in [-0.2, 0) is 24.4 Å². The van der Waals surface area contributed by atoms with Crippen molar-refractivity contribution in [3.8, 4) is 5.75 Å². The van der Waals surface area contributed by atoms with E-state index < -0.39 is 21.9 Å². The molecular formula is C44H61FN12O6S. The molecule has 7 rings (SSSR count). The number of imide groups is 1. The summed E-state index contributed by atoms with van der Waals surface area (Å²) >= 11 is 0. The number of fused-ring (bicyclic) bond motifs is 1. The Morgan fingerprint density at radius 3 is 2.45 bits per heavy atom. The van der Waals surface area contributed by atoms with Gasteiger partial charge >= 0.3 is 0 Å². The van der Waals surface area contributed by atoms with Crippen molar-refractivity contribution in [1.29, 1.82) is 5.41 Å². The van der Waals surface area contributed by atoms with E-state index in [2.05, 4.69) is 36.7 Å². The minimum atomic E-state index is -3.97. The van der Waals surface area contributed by atoms with E-state index in [9.17, 15) is 22.8 Å². The van der Waals surface area contributed by atoms with Crippen LogP contribution in [-0.4, -0.2) is 136 Å². The molecule has 5 N–H and O–H groups in total. The first-order valence-electron chi connectivity index (χ1n) is 22.0. The normalized spacial score (nSPS) is 21.8. The molecule has 0 radical (unpaired) electrons. The average Bonchev–Trinajstić information content (AvgIpc) is 3.71. The maximum absolute atomic E-state index is 15.6. The molecule has 3 unspecified atom stereocenters. The Bertz CT molecular complexity index is 2390. The van der Waals surface area contributed by atoms with Gasteiger partial charge in [-0.1, -0.05) is 26.0 Å². The van der Waals surface area contributed by atoms with Crippen LogP contribution in [0.4, 0.5) is 16.0 Å². The number of sulfonamides is 1. The molecule has 3 saturated heterocycles. The fourth-order valence-electron chi connectivity index (χ4n) is 9.08. The van der Waals surface area contributed by atoms with Gasteiger partial charge in [-0.3, -0.25) is 19.7 Å². The third-order valence-corrected chi connectivity index (χ3v) is 14.3. The molecule has 5 heterocycles. The second-order valence-electron chi connectivity index (χ2n) is 16.7. The summed E-state index contributed by atoms with van der Waals surface area (Å²) in [6.45, 7) is 10.9. The number of carbonyl (C=O) groups excluding carboxylic acids is 3. The average molecular weight is 905 g/mol. The number of aromatic nitrogens is 4. The minimum absolute atomic E-state index is 0.0215. The van der Waals surface area contributed by atoms with E-state index in [1.807, 2.05) is 51.8 Å². The van der Waals surface area contributed by atoms with Gasteiger partial charge in [0.2, 0.25) is 39.8 Å². The quantitative estimate of drug-likeness (QED) is 0.0958. The maximum atomic E-state index is 15.6. The van der Waals surface area contributed by atoms with Crippen LogP contribution in [0.2, 0.25) is 0 Å². The molecule has 18 nitrogen and oxygen atoms in total. The number of piperidine rings is 3. The van der Waals surface area contributed by atoms with Crippen molar-refractivity contribution in [2.24, 2.45) is 23.5 Å². The number of amides is 3. The zero-order valence-electron chi connectivity index (χ0n) is 37.4. The van der Waals surface area contributed by atoms with Gasteiger partial charge in [-0.15, -0.1) is 5.10 Å². The predicted octanol–water partition coefficient (Wildman–Crippen LogP) is 4.15. The predicted molar refractivity (Wildman–Crippen MR) is 241 cm³/mol. The number of ether oxygens (including phenoxy) is 1. The van der Waals surface area contributed by atoms with Gasteiger partial charge < -0.3 is 35.9 Å². The number of allylic oxidation sites excluding steroid dienone is 3. The number of nitrogens with zero attached hydrogens (tertiary/aromatic N) is 8. The molecule has 3 amide bonds. The molecule has 64 heavy (non-hydrogen) atoms. The Morgan fingerprint density at radius 1 is 1.11 bits per heavy atom. The lowest BCUT2D eigenvalue weighted by atomic mass is 9.76. The van der Waals surface area contributed by atoms with Crippen LogP contribution in [0.1, 0.15) is 71.9 Å². The number of hydrogen-bond acceptors (Lipinski definition) is 14. The Balaban J connectivity index is 0.00000335. The van der Waals surface area contributed by atoms with E-state index in [-0.39, 0.29) is 64.2 Å². The number of likely N-dealkylation sites (tertiary alicyclic amines) is 1. The van der Waals surface area contributed by atoms with Crippen molar-refractivity contribution in [1.82, 2.24) is 43.9 Å². The van der Waals surface area contributed by atoms with Crippen molar-refractivity contribution in [3.05, 3.63) is 66.2 Å². The summed E-state index contributed by atoms with van der Waals surface area (Å²) in [5.41, 5.74) is 7.43. The second-order valence-corrected chi connectivity index (χ2v) is 18.6. The van der Waals surface area contributed by atoms with Gasteiger partial charge in [0.1, 0.15) is 23.9 Å². The number of rotatable bonds is 15. The molecule has 346 valence electrons. The molecule has 0 spiro atoms. The molecular weight excluding hydrogens is 844 g/mol. The zero-order chi connectivity index (χ0) is 46.3. The van der Waals surface area contributed by atoms with E-state index >= 15 is 4.39 Å². The molecule has 3 aliphatic heterocycles. The largest absolute Gasteiger partial charge is 0.485 e. The van der Waals surface area contributed by atoms with Gasteiger partial charge in [0.15, 0.2) is 5.75 Å². The summed E-state index contributed by atoms with van der Waals surface area (Å²) in [4.78, 5) is 51.4. The van der Waals surface area contributed by atoms with Crippen molar-refractivity contribution in [3.63, 3.8) is 0 Å².